The summed E-state index contributed by atoms with van der Waals surface area (Å²) >= 11 is 10.1. The Morgan fingerprint density at radius 1 is 0.427 bits per heavy atom. The Morgan fingerprint density at radius 2 is 0.790 bits per heavy atom. The average Bonchev–Trinajstić information content (AvgIpc) is 1.61. The third-order valence-corrected chi connectivity index (χ3v) is 30.2. The van der Waals surface area contributed by atoms with E-state index in [1.54, 1.807) is 20.8 Å². The van der Waals surface area contributed by atoms with Crippen molar-refractivity contribution in [3.63, 3.8) is 0 Å². The first-order valence-electron chi connectivity index (χ1n) is 44.4. The zero-order valence-electron chi connectivity index (χ0n) is 79.7. The fourth-order valence-corrected chi connectivity index (χ4v) is 22.6. The molecular weight excluding hydrogens is 2050 g/mol. The minimum absolute atomic E-state index is 0.00852. The molecule has 6 saturated heterocycles. The Bertz CT molecular complexity index is 6210. The van der Waals surface area contributed by atoms with Crippen molar-refractivity contribution < 1.29 is 154 Å². The van der Waals surface area contributed by atoms with E-state index in [4.69, 9.17) is 162 Å². The van der Waals surface area contributed by atoms with Crippen LogP contribution in [0.3, 0.4) is 0 Å². The molecule has 0 radical (unpaired) electrons. The number of aryl methyl sites for hydroxylation is 5. The highest BCUT2D eigenvalue weighted by Gasteiger charge is 2.59. The topological polar surface area (TPSA) is 737 Å². The van der Waals surface area contributed by atoms with Crippen LogP contribution >= 0.6 is 48.8 Å². The number of methoxy groups -OCH3 is 5. The number of nitrogens with two attached hydrogens (primary N) is 5. The van der Waals surface area contributed by atoms with Crippen LogP contribution in [0.25, 0.3) is 11.2 Å². The van der Waals surface area contributed by atoms with Crippen molar-refractivity contribution in [3.05, 3.63) is 134 Å². The van der Waals surface area contributed by atoms with Crippen molar-refractivity contribution in [3.8, 4) is 0 Å². The quantitative estimate of drug-likeness (QED) is 0.0142. The molecular formula is C78H118N19O39P5S2. The van der Waals surface area contributed by atoms with Gasteiger partial charge in [0.15, 0.2) is 42.6 Å². The van der Waals surface area contributed by atoms with Crippen molar-refractivity contribution in [1.29, 1.82) is 0 Å². The second-order valence-corrected chi connectivity index (χ2v) is 44.7. The van der Waals surface area contributed by atoms with E-state index in [0.717, 1.165) is 44.1 Å². The van der Waals surface area contributed by atoms with E-state index in [-0.39, 0.29) is 123 Å². The lowest BCUT2D eigenvalue weighted by atomic mass is 10.1. The molecule has 7 aromatic heterocycles. The molecule has 10 unspecified atom stereocenters. The van der Waals surface area contributed by atoms with E-state index >= 15 is 18.3 Å². The van der Waals surface area contributed by atoms with Crippen LogP contribution in [0.15, 0.2) is 72.4 Å². The van der Waals surface area contributed by atoms with Gasteiger partial charge in [0.1, 0.15) is 133 Å². The lowest BCUT2D eigenvalue weighted by Crippen LogP contribution is -2.42. The fraction of sp³-hybridized carbons (Fsp3) is 0.679. The van der Waals surface area contributed by atoms with Crippen molar-refractivity contribution in [2.45, 2.75) is 196 Å². The molecule has 6 aliphatic rings. The van der Waals surface area contributed by atoms with Gasteiger partial charge >= 0.3 is 65.0 Å². The first-order valence-corrected chi connectivity index (χ1v) is 55.2. The molecule has 143 heavy (non-hydrogen) atoms. The van der Waals surface area contributed by atoms with E-state index in [1.165, 1.54) is 96.6 Å². The predicted molar refractivity (Wildman–Crippen MR) is 503 cm³/mol. The highest BCUT2D eigenvalue weighted by Crippen LogP contribution is 2.60. The van der Waals surface area contributed by atoms with Crippen molar-refractivity contribution in [2.75, 3.05) is 177 Å². The van der Waals surface area contributed by atoms with Gasteiger partial charge in [0.2, 0.25) is 0 Å². The number of thiol groups is 1. The van der Waals surface area contributed by atoms with Crippen LogP contribution in [0, 0.1) is 34.6 Å². The number of aliphatic hydroxyl groups is 1. The van der Waals surface area contributed by atoms with Crippen LogP contribution < -0.4 is 62.7 Å². The molecule has 0 saturated carbocycles. The molecule has 796 valence electrons. The van der Waals surface area contributed by atoms with Crippen LogP contribution in [0.2, 0.25) is 0 Å². The van der Waals surface area contributed by atoms with E-state index in [0.29, 0.717) is 17.5 Å². The largest absolute Gasteiger partial charge is 0.472 e. The van der Waals surface area contributed by atoms with Crippen molar-refractivity contribution >= 4 is 101 Å². The average molecular weight is 2160 g/mol. The number of aromatic nitrogens is 14. The van der Waals surface area contributed by atoms with Gasteiger partial charge in [-0.05, 0) is 52.8 Å². The highest BCUT2D eigenvalue weighted by molar-refractivity contribution is 8.44. The Kier molecular flexibility index (Phi) is 38.5. The molecule has 28 atom stereocenters. The zero-order valence-corrected chi connectivity index (χ0v) is 85.9. The molecule has 65 heteroatoms. The number of anilines is 5. The molecule has 0 spiro atoms. The van der Waals surface area contributed by atoms with Crippen LogP contribution in [-0.4, -0.2) is 334 Å². The summed E-state index contributed by atoms with van der Waals surface area (Å²) in [5, 5.41) is 11.8. The fourth-order valence-electron chi connectivity index (χ4n) is 16.3. The summed E-state index contributed by atoms with van der Waals surface area (Å²) in [6.07, 6.45) is -26.5. The maximum atomic E-state index is 15.7. The van der Waals surface area contributed by atoms with Crippen molar-refractivity contribution in [2.24, 2.45) is 0 Å². The molecule has 0 amide bonds. The molecule has 0 aromatic carbocycles. The van der Waals surface area contributed by atoms with Gasteiger partial charge in [-0.2, -0.15) is 19.9 Å². The molecule has 13 heterocycles. The Balaban J connectivity index is 0.796. The maximum Gasteiger partial charge on any atom is 0.472 e. The lowest BCUT2D eigenvalue weighted by Gasteiger charge is -2.30. The number of hydrogen-bond donors (Lipinski definition) is 10. The number of hydrogen-bond acceptors (Lipinski definition) is 50. The van der Waals surface area contributed by atoms with E-state index in [1.807, 2.05) is 0 Å². The third kappa shape index (κ3) is 27.4. The number of aliphatic hydroxyl groups excluding tert-OH is 1. The molecule has 7 aromatic rings. The van der Waals surface area contributed by atoms with Gasteiger partial charge in [-0.25, -0.2) is 48.1 Å². The molecule has 14 N–H and O–H groups in total. The van der Waals surface area contributed by atoms with Gasteiger partial charge < -0.3 is 137 Å². The van der Waals surface area contributed by atoms with Gasteiger partial charge in [-0.15, -0.1) is 0 Å². The normalized spacial score (nSPS) is 29.4. The monoisotopic (exact) mass is 2160 g/mol. The molecule has 6 fully saturated rings. The number of nitrogens with one attached hydrogen (secondary N) is 1. The van der Waals surface area contributed by atoms with Gasteiger partial charge in [0, 0.05) is 114 Å². The van der Waals surface area contributed by atoms with Crippen LogP contribution in [0.4, 0.5) is 29.1 Å². The summed E-state index contributed by atoms with van der Waals surface area (Å²) in [5.74, 6) is -0.477. The Morgan fingerprint density at radius 3 is 1.24 bits per heavy atom. The van der Waals surface area contributed by atoms with Crippen LogP contribution in [-0.2, 0) is 151 Å². The predicted octanol–water partition coefficient (Wildman–Crippen LogP) is 0.570. The van der Waals surface area contributed by atoms with E-state index in [9.17, 15) is 43.7 Å². The van der Waals surface area contributed by atoms with Gasteiger partial charge in [0.05, 0.1) is 118 Å². The smallest absolute Gasteiger partial charge is 0.387 e. The number of H-pyrrole nitrogens is 1. The number of aromatic amines is 1. The zero-order chi connectivity index (χ0) is 104. The highest BCUT2D eigenvalue weighted by atomic mass is 32.7. The summed E-state index contributed by atoms with van der Waals surface area (Å²) in [7, 11) is -8.61. The number of imidazole rings is 1. The molecule has 0 aliphatic carbocycles. The van der Waals surface area contributed by atoms with Crippen molar-refractivity contribution in [1.82, 2.24) is 67.3 Å². The van der Waals surface area contributed by atoms with Gasteiger partial charge in [-0.3, -0.25) is 73.5 Å². The first kappa shape index (κ1) is 113. The van der Waals surface area contributed by atoms with Crippen LogP contribution in [0.5, 0.6) is 0 Å². The van der Waals surface area contributed by atoms with Crippen LogP contribution in [0.1, 0.15) is 85.0 Å². The summed E-state index contributed by atoms with van der Waals surface area (Å²) in [6.45, 7) is -4.63. The summed E-state index contributed by atoms with van der Waals surface area (Å²) in [5.41, 5.74) is 26.3. The standard InChI is InChI=1S/C78H118N19O39P5S2/c1-14-43-44(25-50(126-43)92-26-38(2)62(79)87-74(92)100)132-140(109,142)124-35-49-56(61(120-24-19-115-11)73(131-49)97-37-86-51-66(83)84-36-85-67(51)97)136-141(110,143)125-34-48-55(60(119-23-18-114-10)72(130-48)96-30-42(6)68(99)91-78(96)104)135-139(107,108)123-33-47-54(59(118-22-17-113-9)71(129-47)95-29-41(5)65(82)90-77(95)103)134-138(13,106)122-32-46-53(58(117-21-16-112-8)70(128-46)94-28-40(4)64(81)89-76(94)102)133-137(12,105)121-31-45-52(98)57(116-20-15-111-7)69(127-45)93-27-39(3)63(80)88-75(93)101/h26-30,36-37,43-50,52-61,69-73,98H,14-25,31-35H2,1-13H3,(H,107,108)(H,109,142)(H,110,143)(H2,79,87,100)(H2,80,88,101)(H2,81,89,102)(H2,82,90,103)(H2,83,84,85)(H,91,99,104)/t43-,44-,45-,46-,47-,48-,49-,50-,52+,53+,54+,55+,56+,57?,58?,59?,60?,61?,69-,70-,71-,72-,73-,137?,138?,140?,141?/m1/s1. The molecule has 0 bridgehead atoms. The number of phosphoric acid groups is 1. The van der Waals surface area contributed by atoms with E-state index < -0.39 is 251 Å². The first-order chi connectivity index (χ1) is 67.8. The number of nitrogens with zero attached hydrogens (tertiary/aromatic N) is 13. The maximum absolute atomic E-state index is 15.7. The minimum Gasteiger partial charge on any atom is -0.387 e. The molecule has 6 aliphatic heterocycles. The number of phosphoric ester groups is 1. The Hall–Kier alpha value is -7.49. The summed E-state index contributed by atoms with van der Waals surface area (Å²) in [4.78, 5) is 137. The summed E-state index contributed by atoms with van der Waals surface area (Å²) < 4.78 is 227. The van der Waals surface area contributed by atoms with E-state index in [2.05, 4.69) is 52.1 Å². The molecule has 13 rings (SSSR count). The summed E-state index contributed by atoms with van der Waals surface area (Å²) in [6, 6.07) is 0. The van der Waals surface area contributed by atoms with Gasteiger partial charge in [-0.1, -0.05) is 19.2 Å². The van der Waals surface area contributed by atoms with Gasteiger partial charge in [0.25, 0.3) is 5.56 Å². The SMILES string of the molecule is CC[C@H]1O[C@@H](n2cc(C)c(N)nc2=O)C[C@H]1OP(O)(=S)OC[C@H]1O[C@@H](n2cnc3c(N)ncnc32)C(OCCOC)[C@H]1OP(=O)(S)OC[C@H]1O[C@@H](n2cc(C)c(=O)[nH]c2=O)C(OCCOC)[C@H]1OP(=O)(O)OC[C@H]1O[C@@H](n2cc(C)c(N)nc2=O)C(OCCOC)[C@H]1OP(C)(=O)OC[C@H]1O[C@@H](n2cc(C)c(N)nc2=O)C(OCCOC)[C@H]1OP(C)(=O)OC[C@H]1O[C@@H](n2cc(C)c(N)nc2=O)C(OCCOC)[C@H]1O. The number of nitrogen functional groups attached to an aromatic ring is 5. The number of rotatable bonds is 52. The number of fused-ring (bicyclic) bond motifs is 1. The third-order valence-electron chi connectivity index (χ3n) is 23.5. The second-order valence-electron chi connectivity index (χ2n) is 33.6. The minimum atomic E-state index is -5.89. The lowest BCUT2D eigenvalue weighted by molar-refractivity contribution is -0.0847. The second kappa shape index (κ2) is 48.9. The number of ether oxygens (including phenoxy) is 16. The Labute approximate surface area is 824 Å². The molecule has 58 nitrogen and oxygen atoms in total.